The SMILES string of the molecule is Cc1csc(CNC(=O)c2cccc(F)c2)n1. The molecule has 1 aromatic heterocycles. The summed E-state index contributed by atoms with van der Waals surface area (Å²) in [5.74, 6) is -0.708. The first kappa shape index (κ1) is 11.7. The first-order valence-corrected chi connectivity index (χ1v) is 5.98. The summed E-state index contributed by atoms with van der Waals surface area (Å²) in [7, 11) is 0. The van der Waals surface area contributed by atoms with Gasteiger partial charge in [0, 0.05) is 16.6 Å². The highest BCUT2D eigenvalue weighted by Gasteiger charge is 2.07. The number of hydrogen-bond acceptors (Lipinski definition) is 3. The van der Waals surface area contributed by atoms with E-state index in [4.69, 9.17) is 0 Å². The van der Waals surface area contributed by atoms with Crippen LogP contribution in [0.5, 0.6) is 0 Å². The van der Waals surface area contributed by atoms with E-state index in [1.165, 1.54) is 29.5 Å². The third-order valence-electron chi connectivity index (χ3n) is 2.15. The van der Waals surface area contributed by atoms with Crippen molar-refractivity contribution in [3.63, 3.8) is 0 Å². The van der Waals surface area contributed by atoms with Gasteiger partial charge in [0.25, 0.3) is 5.91 Å². The second kappa shape index (κ2) is 5.05. The predicted octanol–water partition coefficient (Wildman–Crippen LogP) is 2.52. The van der Waals surface area contributed by atoms with Crippen LogP contribution in [0.15, 0.2) is 29.6 Å². The Morgan fingerprint density at radius 2 is 2.35 bits per heavy atom. The molecule has 0 aliphatic carbocycles. The zero-order valence-corrected chi connectivity index (χ0v) is 10.1. The number of hydrogen-bond donors (Lipinski definition) is 1. The molecule has 0 saturated heterocycles. The fraction of sp³-hybridized carbons (Fsp3) is 0.167. The fourth-order valence-electron chi connectivity index (χ4n) is 1.37. The third kappa shape index (κ3) is 3.10. The molecule has 0 unspecified atom stereocenters. The number of halogens is 1. The summed E-state index contributed by atoms with van der Waals surface area (Å²) < 4.78 is 12.9. The van der Waals surface area contributed by atoms with Gasteiger partial charge in [0.15, 0.2) is 0 Å². The number of thiazole rings is 1. The molecule has 0 saturated carbocycles. The van der Waals surface area contributed by atoms with Gasteiger partial charge in [0.1, 0.15) is 10.8 Å². The van der Waals surface area contributed by atoms with Gasteiger partial charge >= 0.3 is 0 Å². The molecule has 88 valence electrons. The number of aromatic nitrogens is 1. The van der Waals surface area contributed by atoms with Crippen molar-refractivity contribution in [2.75, 3.05) is 0 Å². The van der Waals surface area contributed by atoms with E-state index in [-0.39, 0.29) is 5.91 Å². The van der Waals surface area contributed by atoms with Crippen molar-refractivity contribution < 1.29 is 9.18 Å². The summed E-state index contributed by atoms with van der Waals surface area (Å²) in [5, 5.41) is 5.46. The van der Waals surface area contributed by atoms with Crippen LogP contribution in [0.3, 0.4) is 0 Å². The fourth-order valence-corrected chi connectivity index (χ4v) is 2.08. The zero-order valence-electron chi connectivity index (χ0n) is 9.24. The van der Waals surface area contributed by atoms with E-state index in [1.54, 1.807) is 6.07 Å². The molecule has 0 fully saturated rings. The summed E-state index contributed by atoms with van der Waals surface area (Å²) >= 11 is 1.49. The van der Waals surface area contributed by atoms with Crippen LogP contribution in [-0.4, -0.2) is 10.9 Å². The Hall–Kier alpha value is -1.75. The van der Waals surface area contributed by atoms with Crippen molar-refractivity contribution in [1.29, 1.82) is 0 Å². The molecule has 1 amide bonds. The van der Waals surface area contributed by atoms with Crippen molar-refractivity contribution in [1.82, 2.24) is 10.3 Å². The van der Waals surface area contributed by atoms with Crippen LogP contribution in [0.1, 0.15) is 21.1 Å². The van der Waals surface area contributed by atoms with E-state index in [0.717, 1.165) is 10.7 Å². The van der Waals surface area contributed by atoms with E-state index < -0.39 is 5.82 Å². The lowest BCUT2D eigenvalue weighted by Crippen LogP contribution is -2.22. The number of carbonyl (C=O) groups is 1. The normalized spacial score (nSPS) is 10.2. The van der Waals surface area contributed by atoms with E-state index in [9.17, 15) is 9.18 Å². The van der Waals surface area contributed by atoms with Crippen LogP contribution < -0.4 is 5.32 Å². The van der Waals surface area contributed by atoms with Crippen molar-refractivity contribution in [3.8, 4) is 0 Å². The first-order valence-electron chi connectivity index (χ1n) is 5.10. The number of nitrogens with zero attached hydrogens (tertiary/aromatic N) is 1. The maximum absolute atomic E-state index is 12.9. The van der Waals surface area contributed by atoms with E-state index in [0.29, 0.717) is 12.1 Å². The van der Waals surface area contributed by atoms with E-state index in [2.05, 4.69) is 10.3 Å². The second-order valence-electron chi connectivity index (χ2n) is 3.58. The lowest BCUT2D eigenvalue weighted by atomic mass is 10.2. The standard InChI is InChI=1S/C12H11FN2OS/c1-8-7-17-11(15-8)6-14-12(16)9-3-2-4-10(13)5-9/h2-5,7H,6H2,1H3,(H,14,16). The average Bonchev–Trinajstić information content (AvgIpc) is 2.72. The number of rotatable bonds is 3. The Labute approximate surface area is 102 Å². The molecule has 2 rings (SSSR count). The van der Waals surface area contributed by atoms with Crippen LogP contribution in [-0.2, 0) is 6.54 Å². The summed E-state index contributed by atoms with van der Waals surface area (Å²) in [4.78, 5) is 15.9. The van der Waals surface area contributed by atoms with Crippen LogP contribution in [0.25, 0.3) is 0 Å². The molecule has 1 aromatic carbocycles. The van der Waals surface area contributed by atoms with Crippen molar-refractivity contribution in [3.05, 3.63) is 51.7 Å². The second-order valence-corrected chi connectivity index (χ2v) is 4.52. The van der Waals surface area contributed by atoms with Crippen LogP contribution in [0.2, 0.25) is 0 Å². The highest BCUT2D eigenvalue weighted by Crippen LogP contribution is 2.09. The van der Waals surface area contributed by atoms with Gasteiger partial charge in [-0.15, -0.1) is 11.3 Å². The Morgan fingerprint density at radius 1 is 1.53 bits per heavy atom. The zero-order chi connectivity index (χ0) is 12.3. The minimum atomic E-state index is -0.414. The van der Waals surface area contributed by atoms with E-state index in [1.807, 2.05) is 12.3 Å². The van der Waals surface area contributed by atoms with Crippen LogP contribution in [0.4, 0.5) is 4.39 Å². The molecule has 2 aromatic rings. The number of nitrogens with one attached hydrogen (secondary N) is 1. The highest BCUT2D eigenvalue weighted by atomic mass is 32.1. The third-order valence-corrected chi connectivity index (χ3v) is 3.12. The van der Waals surface area contributed by atoms with Gasteiger partial charge < -0.3 is 5.32 Å². The molecular weight excluding hydrogens is 239 g/mol. The maximum atomic E-state index is 12.9. The quantitative estimate of drug-likeness (QED) is 0.909. The van der Waals surface area contributed by atoms with Gasteiger partial charge in [-0.3, -0.25) is 4.79 Å². The minimum Gasteiger partial charge on any atom is -0.346 e. The highest BCUT2D eigenvalue weighted by molar-refractivity contribution is 7.09. The molecule has 1 N–H and O–H groups in total. The molecular formula is C12H11FN2OS. The van der Waals surface area contributed by atoms with Gasteiger partial charge in [-0.2, -0.15) is 0 Å². The minimum absolute atomic E-state index is 0.294. The molecule has 5 heteroatoms. The van der Waals surface area contributed by atoms with Crippen molar-refractivity contribution >= 4 is 17.2 Å². The number of aryl methyl sites for hydroxylation is 1. The lowest BCUT2D eigenvalue weighted by Gasteiger charge is -2.02. The molecule has 0 spiro atoms. The molecule has 1 heterocycles. The van der Waals surface area contributed by atoms with Gasteiger partial charge in [0.05, 0.1) is 6.54 Å². The summed E-state index contributed by atoms with van der Waals surface area (Å²) in [6, 6.07) is 5.60. The number of benzene rings is 1. The Balaban J connectivity index is 1.98. The monoisotopic (exact) mass is 250 g/mol. The Bertz CT molecular complexity index is 539. The average molecular weight is 250 g/mol. The number of amides is 1. The first-order chi connectivity index (χ1) is 8.15. The molecule has 0 radical (unpaired) electrons. The molecule has 0 aliphatic heterocycles. The van der Waals surface area contributed by atoms with Crippen molar-refractivity contribution in [2.24, 2.45) is 0 Å². The molecule has 0 atom stereocenters. The smallest absolute Gasteiger partial charge is 0.251 e. The van der Waals surface area contributed by atoms with Gasteiger partial charge in [0.2, 0.25) is 0 Å². The largest absolute Gasteiger partial charge is 0.346 e. The molecule has 3 nitrogen and oxygen atoms in total. The van der Waals surface area contributed by atoms with E-state index >= 15 is 0 Å². The van der Waals surface area contributed by atoms with Crippen LogP contribution >= 0.6 is 11.3 Å². The van der Waals surface area contributed by atoms with Gasteiger partial charge in [-0.25, -0.2) is 9.37 Å². The topological polar surface area (TPSA) is 42.0 Å². The van der Waals surface area contributed by atoms with Crippen LogP contribution in [0, 0.1) is 12.7 Å². The molecule has 17 heavy (non-hydrogen) atoms. The van der Waals surface area contributed by atoms with Gasteiger partial charge in [-0.1, -0.05) is 6.07 Å². The maximum Gasteiger partial charge on any atom is 0.251 e. The Morgan fingerprint density at radius 3 is 3.00 bits per heavy atom. The summed E-state index contributed by atoms with van der Waals surface area (Å²) in [6.45, 7) is 2.27. The van der Waals surface area contributed by atoms with Gasteiger partial charge in [-0.05, 0) is 25.1 Å². The molecule has 0 aliphatic rings. The lowest BCUT2D eigenvalue weighted by molar-refractivity contribution is 0.0950. The Kier molecular flexibility index (Phi) is 3.49. The van der Waals surface area contributed by atoms with Crippen molar-refractivity contribution in [2.45, 2.75) is 13.5 Å². The summed E-state index contributed by atoms with van der Waals surface area (Å²) in [6.07, 6.45) is 0. The summed E-state index contributed by atoms with van der Waals surface area (Å²) in [5.41, 5.74) is 1.25. The predicted molar refractivity (Wildman–Crippen MR) is 64.4 cm³/mol. The number of carbonyl (C=O) groups excluding carboxylic acids is 1. The molecule has 0 bridgehead atoms.